The smallest absolute Gasteiger partial charge is 0.335 e. The lowest BCUT2D eigenvalue weighted by atomic mass is 9.85. The summed E-state index contributed by atoms with van der Waals surface area (Å²) in [6.07, 6.45) is 0. The zero-order valence-corrected chi connectivity index (χ0v) is 22.2. The van der Waals surface area contributed by atoms with Crippen LogP contribution in [0, 0.1) is 6.92 Å². The van der Waals surface area contributed by atoms with E-state index in [4.69, 9.17) is 0 Å². The molecule has 0 heterocycles. The molecule has 5 rings (SSSR count). The van der Waals surface area contributed by atoms with Crippen molar-refractivity contribution in [1.82, 2.24) is 5.32 Å². The molecule has 0 spiro atoms. The van der Waals surface area contributed by atoms with Gasteiger partial charge in [0.25, 0.3) is 5.91 Å². The van der Waals surface area contributed by atoms with Crippen LogP contribution in [-0.4, -0.2) is 17.0 Å². The number of carbonyl (C=O) groups is 2. The first-order chi connectivity index (χ1) is 19.5. The van der Waals surface area contributed by atoms with Gasteiger partial charge in [-0.05, 0) is 64.1 Å². The van der Waals surface area contributed by atoms with Crippen LogP contribution >= 0.6 is 0 Å². The van der Waals surface area contributed by atoms with Gasteiger partial charge >= 0.3 is 5.97 Å². The van der Waals surface area contributed by atoms with Crippen molar-refractivity contribution in [3.8, 4) is 0 Å². The molecule has 5 aromatic rings. The molecule has 4 heteroatoms. The maximum Gasteiger partial charge on any atom is 0.335 e. The number of hydrogen-bond donors (Lipinski definition) is 2. The molecule has 4 nitrogen and oxygen atoms in total. The quantitative estimate of drug-likeness (QED) is 0.206. The third kappa shape index (κ3) is 6.08. The van der Waals surface area contributed by atoms with Gasteiger partial charge in [0.15, 0.2) is 0 Å². The molecule has 5 aromatic carbocycles. The Balaban J connectivity index is 1.51. The normalized spacial score (nSPS) is 11.4. The monoisotopic (exact) mass is 523 g/mol. The van der Waals surface area contributed by atoms with Gasteiger partial charge in [-0.1, -0.05) is 121 Å². The van der Waals surface area contributed by atoms with Crippen LogP contribution in [0.5, 0.6) is 0 Å². The standard InChI is InChI=1S/C36H29NO3/c1-25-15-19-29(20-16-25)33(27-9-4-2-5-10-27)34(28-11-6-3-7-12-28)30-21-17-26(18-22-30)24-37-35(38)31-13-8-14-32(23-31)36(39)40/h2-23H,24H2,1H3,(H,37,38)(H,39,40). The lowest BCUT2D eigenvalue weighted by molar-refractivity contribution is 0.0697. The van der Waals surface area contributed by atoms with E-state index < -0.39 is 5.97 Å². The molecule has 40 heavy (non-hydrogen) atoms. The Bertz CT molecular complexity index is 1650. The van der Waals surface area contributed by atoms with E-state index in [1.807, 2.05) is 24.3 Å². The third-order valence-electron chi connectivity index (χ3n) is 6.78. The molecule has 0 fully saturated rings. The van der Waals surface area contributed by atoms with Crippen LogP contribution in [0.1, 0.15) is 54.1 Å². The first-order valence-corrected chi connectivity index (χ1v) is 13.1. The van der Waals surface area contributed by atoms with Crippen LogP contribution in [0.3, 0.4) is 0 Å². The SMILES string of the molecule is Cc1ccc(C(=C(c2ccccc2)c2ccc(CNC(=O)c3cccc(C(=O)O)c3)cc2)c2ccccc2)cc1. The summed E-state index contributed by atoms with van der Waals surface area (Å²) in [5, 5.41) is 12.1. The van der Waals surface area contributed by atoms with Gasteiger partial charge < -0.3 is 10.4 Å². The summed E-state index contributed by atoms with van der Waals surface area (Å²) in [6.45, 7) is 2.42. The number of aryl methyl sites for hydroxylation is 1. The maximum atomic E-state index is 12.7. The number of rotatable bonds is 8. The van der Waals surface area contributed by atoms with E-state index in [9.17, 15) is 14.7 Å². The van der Waals surface area contributed by atoms with Crippen LogP contribution in [-0.2, 0) is 6.54 Å². The van der Waals surface area contributed by atoms with Crippen molar-refractivity contribution in [2.24, 2.45) is 0 Å². The third-order valence-corrected chi connectivity index (χ3v) is 6.78. The molecule has 0 unspecified atom stereocenters. The largest absolute Gasteiger partial charge is 0.478 e. The fourth-order valence-electron chi connectivity index (χ4n) is 4.71. The summed E-state index contributed by atoms with van der Waals surface area (Å²) in [4.78, 5) is 23.9. The number of carboxylic acid groups (broad SMARTS) is 1. The van der Waals surface area contributed by atoms with Gasteiger partial charge in [-0.3, -0.25) is 4.79 Å². The average molecular weight is 524 g/mol. The highest BCUT2D eigenvalue weighted by molar-refractivity contribution is 6.04. The van der Waals surface area contributed by atoms with Gasteiger partial charge in [-0.15, -0.1) is 0 Å². The Hall–Kier alpha value is -5.22. The summed E-state index contributed by atoms with van der Waals surface area (Å²) in [5.74, 6) is -1.38. The van der Waals surface area contributed by atoms with Gasteiger partial charge in [0.05, 0.1) is 5.56 Å². The molecular weight excluding hydrogens is 494 g/mol. The zero-order chi connectivity index (χ0) is 27.9. The second kappa shape index (κ2) is 12.1. The molecule has 0 aromatic heterocycles. The fraction of sp³-hybridized carbons (Fsp3) is 0.0556. The Labute approximate surface area is 234 Å². The second-order valence-corrected chi connectivity index (χ2v) is 9.61. The molecule has 0 aliphatic heterocycles. The number of amides is 1. The van der Waals surface area contributed by atoms with Gasteiger partial charge in [0.1, 0.15) is 0 Å². The molecule has 0 bridgehead atoms. The molecule has 0 radical (unpaired) electrons. The molecule has 196 valence electrons. The zero-order valence-electron chi connectivity index (χ0n) is 22.2. The topological polar surface area (TPSA) is 66.4 Å². The van der Waals surface area contributed by atoms with Gasteiger partial charge in [-0.25, -0.2) is 4.79 Å². The highest BCUT2D eigenvalue weighted by Crippen LogP contribution is 2.37. The summed E-state index contributed by atoms with van der Waals surface area (Å²) in [5.41, 5.74) is 9.25. The minimum atomic E-state index is -1.06. The van der Waals surface area contributed by atoms with Crippen molar-refractivity contribution in [2.45, 2.75) is 13.5 Å². The summed E-state index contributed by atoms with van der Waals surface area (Å²) in [6, 6.07) is 43.7. The van der Waals surface area contributed by atoms with E-state index in [-0.39, 0.29) is 11.5 Å². The van der Waals surface area contributed by atoms with Crippen molar-refractivity contribution >= 4 is 23.0 Å². The number of carboxylic acids is 1. The Morgan fingerprint density at radius 3 is 1.52 bits per heavy atom. The number of benzene rings is 5. The van der Waals surface area contributed by atoms with E-state index in [1.54, 1.807) is 12.1 Å². The number of aromatic carboxylic acids is 1. The van der Waals surface area contributed by atoms with Crippen LogP contribution in [0.25, 0.3) is 11.1 Å². The van der Waals surface area contributed by atoms with E-state index in [1.165, 1.54) is 17.7 Å². The molecule has 0 aliphatic rings. The summed E-state index contributed by atoms with van der Waals surface area (Å²) >= 11 is 0. The van der Waals surface area contributed by atoms with Crippen LogP contribution in [0.4, 0.5) is 0 Å². The minimum absolute atomic E-state index is 0.0834. The molecule has 0 saturated heterocycles. The van der Waals surface area contributed by atoms with Crippen LogP contribution in [0.2, 0.25) is 0 Å². The maximum absolute atomic E-state index is 12.7. The predicted octanol–water partition coefficient (Wildman–Crippen LogP) is 7.63. The van der Waals surface area contributed by atoms with Crippen molar-refractivity contribution in [3.05, 3.63) is 178 Å². The van der Waals surface area contributed by atoms with Crippen molar-refractivity contribution < 1.29 is 14.7 Å². The van der Waals surface area contributed by atoms with E-state index in [2.05, 4.69) is 97.2 Å². The number of carbonyl (C=O) groups excluding carboxylic acids is 1. The molecule has 2 N–H and O–H groups in total. The van der Waals surface area contributed by atoms with E-state index >= 15 is 0 Å². The number of hydrogen-bond acceptors (Lipinski definition) is 2. The van der Waals surface area contributed by atoms with Gasteiger partial charge in [-0.2, -0.15) is 0 Å². The Morgan fingerprint density at radius 2 is 1.00 bits per heavy atom. The summed E-state index contributed by atoms with van der Waals surface area (Å²) < 4.78 is 0. The molecular formula is C36H29NO3. The van der Waals surface area contributed by atoms with Crippen LogP contribution < -0.4 is 5.32 Å². The molecule has 1 amide bonds. The average Bonchev–Trinajstić information content (AvgIpc) is 3.00. The molecule has 0 saturated carbocycles. The predicted molar refractivity (Wildman–Crippen MR) is 160 cm³/mol. The molecule has 0 atom stereocenters. The molecule has 0 aliphatic carbocycles. The minimum Gasteiger partial charge on any atom is -0.478 e. The first kappa shape index (κ1) is 26.4. The van der Waals surface area contributed by atoms with E-state index in [0.717, 1.165) is 39.0 Å². The fourth-order valence-corrected chi connectivity index (χ4v) is 4.71. The lowest BCUT2D eigenvalue weighted by Crippen LogP contribution is -2.23. The highest BCUT2D eigenvalue weighted by Gasteiger charge is 2.16. The second-order valence-electron chi connectivity index (χ2n) is 9.61. The van der Waals surface area contributed by atoms with Crippen molar-refractivity contribution in [1.29, 1.82) is 0 Å². The Kier molecular flexibility index (Phi) is 7.98. The van der Waals surface area contributed by atoms with Gasteiger partial charge in [0.2, 0.25) is 0 Å². The summed E-state index contributed by atoms with van der Waals surface area (Å²) in [7, 11) is 0. The van der Waals surface area contributed by atoms with E-state index in [0.29, 0.717) is 12.1 Å². The van der Waals surface area contributed by atoms with Crippen LogP contribution in [0.15, 0.2) is 133 Å². The first-order valence-electron chi connectivity index (χ1n) is 13.1. The lowest BCUT2D eigenvalue weighted by Gasteiger charge is -2.18. The number of nitrogens with one attached hydrogen (secondary N) is 1. The van der Waals surface area contributed by atoms with Crippen molar-refractivity contribution in [2.75, 3.05) is 0 Å². The Morgan fingerprint density at radius 1 is 0.550 bits per heavy atom. The highest BCUT2D eigenvalue weighted by atomic mass is 16.4. The van der Waals surface area contributed by atoms with Gasteiger partial charge in [0, 0.05) is 12.1 Å². The van der Waals surface area contributed by atoms with Crippen molar-refractivity contribution in [3.63, 3.8) is 0 Å².